The summed E-state index contributed by atoms with van der Waals surface area (Å²) in [5.41, 5.74) is 12.5. The minimum atomic E-state index is -4.67. The lowest BCUT2D eigenvalue weighted by Crippen LogP contribution is -2.19. The van der Waals surface area contributed by atoms with E-state index in [0.717, 1.165) is 35.4 Å². The zero-order valence-corrected chi connectivity index (χ0v) is 40.1. The van der Waals surface area contributed by atoms with Gasteiger partial charge < -0.3 is 30.0 Å². The fourth-order valence-electron chi connectivity index (χ4n) is 7.42. The van der Waals surface area contributed by atoms with Gasteiger partial charge >= 0.3 is 20.2 Å². The van der Waals surface area contributed by atoms with Gasteiger partial charge in [-0.05, 0) is 94.7 Å². The van der Waals surface area contributed by atoms with E-state index in [1.54, 1.807) is 24.3 Å². The number of hydrogen-bond donors (Lipinski definition) is 6. The first-order valence-electron chi connectivity index (χ1n) is 20.5. The Morgan fingerprint density at radius 1 is 0.465 bits per heavy atom. The molecule has 8 aromatic rings. The summed E-state index contributed by atoms with van der Waals surface area (Å²) >= 11 is 0. The van der Waals surface area contributed by atoms with E-state index in [1.807, 2.05) is 13.8 Å². The Bertz CT molecular complexity index is 3730. The van der Waals surface area contributed by atoms with E-state index >= 15 is 0 Å². The van der Waals surface area contributed by atoms with Crippen molar-refractivity contribution < 1.29 is 61.4 Å². The number of nitrogens with two attached hydrogens (primary N) is 2. The molecule has 0 aliphatic carbocycles. The molecular formula is C47H38N6O14S4. The Labute approximate surface area is 405 Å². The first-order chi connectivity index (χ1) is 33.3. The van der Waals surface area contributed by atoms with Crippen molar-refractivity contribution in [2.24, 2.45) is 20.5 Å². The molecule has 364 valence electrons. The molecule has 0 aliphatic rings. The first kappa shape index (κ1) is 49.4. The average Bonchev–Trinajstić information content (AvgIpc) is 3.30. The number of phenols is 2. The summed E-state index contributed by atoms with van der Waals surface area (Å²) in [5, 5.41) is 38.1. The van der Waals surface area contributed by atoms with E-state index in [-0.39, 0.29) is 77.0 Å². The predicted molar refractivity (Wildman–Crippen MR) is 262 cm³/mol. The lowest BCUT2D eigenvalue weighted by Gasteiger charge is -2.26. The van der Waals surface area contributed by atoms with Gasteiger partial charge in [0.2, 0.25) is 0 Å². The number of benzene rings is 8. The zero-order chi connectivity index (χ0) is 51.3. The second kappa shape index (κ2) is 18.4. The molecule has 8 aromatic carbocycles. The maximum atomic E-state index is 13.7. The number of nitrogen functional groups attached to an aromatic ring is 2. The zero-order valence-electron chi connectivity index (χ0n) is 36.8. The maximum Gasteiger partial charge on any atom is 0.341 e. The number of phenolic OH excluding ortho intramolecular Hbond substituents is 2. The predicted octanol–water partition coefficient (Wildman–Crippen LogP) is 9.75. The van der Waals surface area contributed by atoms with Gasteiger partial charge in [0, 0.05) is 17.5 Å². The second-order valence-electron chi connectivity index (χ2n) is 16.1. The lowest BCUT2D eigenvalue weighted by molar-refractivity contribution is 0.470. The van der Waals surface area contributed by atoms with Crippen LogP contribution in [0.2, 0.25) is 0 Å². The molecule has 0 fully saturated rings. The molecule has 0 atom stereocenters. The topological polar surface area (TPSA) is 337 Å². The standard InChI is InChI=1S/C47H38N6O14S4/c1-47(2,29-13-17-31(18-14-29)66-70(62,63)41-9-5-3-7-37(41)50-52-45-35(48)21-11-27-23-33(68(56,57)58)25-39(54)43(27)45)30-15-19-32(20-16-30)67-71(64,65)42-10-6-4-8-38(42)51-53-46-36(49)22-12-28-24-34(69(59,60)61)26-40(55)44(28)46/h3-26,54-55H,48-49H2,1-2H3,(H,56,57,58)(H,59,60,61). The molecule has 8 rings (SSSR count). The molecule has 20 nitrogen and oxygen atoms in total. The van der Waals surface area contributed by atoms with E-state index in [1.165, 1.54) is 97.1 Å². The number of fused-ring (bicyclic) bond motifs is 2. The largest absolute Gasteiger partial charge is 0.507 e. The first-order valence-corrected chi connectivity index (χ1v) is 26.2. The second-order valence-corrected chi connectivity index (χ2v) is 22.0. The average molecular weight is 1040 g/mol. The van der Waals surface area contributed by atoms with Gasteiger partial charge in [-0.1, -0.05) is 74.5 Å². The molecule has 0 spiro atoms. The third-order valence-electron chi connectivity index (χ3n) is 11.1. The fourth-order valence-corrected chi connectivity index (χ4v) is 10.6. The Hall–Kier alpha value is -8.00. The van der Waals surface area contributed by atoms with E-state index in [9.17, 15) is 53.0 Å². The van der Waals surface area contributed by atoms with E-state index in [2.05, 4.69) is 20.5 Å². The van der Waals surface area contributed by atoms with Crippen LogP contribution in [0.5, 0.6) is 23.0 Å². The number of anilines is 2. The molecule has 0 saturated heterocycles. The number of azo groups is 2. The molecule has 0 bridgehead atoms. The van der Waals surface area contributed by atoms with Crippen LogP contribution in [-0.2, 0) is 45.9 Å². The normalized spacial score (nSPS) is 12.8. The monoisotopic (exact) mass is 1040 g/mol. The van der Waals surface area contributed by atoms with Gasteiger partial charge in [-0.3, -0.25) is 9.11 Å². The molecule has 0 aromatic heterocycles. The Kier molecular flexibility index (Phi) is 12.8. The van der Waals surface area contributed by atoms with Gasteiger partial charge in [-0.25, -0.2) is 0 Å². The highest BCUT2D eigenvalue weighted by Crippen LogP contribution is 2.43. The minimum Gasteiger partial charge on any atom is -0.507 e. The van der Waals surface area contributed by atoms with Gasteiger partial charge in [0.15, 0.2) is 0 Å². The van der Waals surface area contributed by atoms with E-state index in [4.69, 9.17) is 19.8 Å². The molecule has 0 heterocycles. The van der Waals surface area contributed by atoms with E-state index in [0.29, 0.717) is 0 Å². The van der Waals surface area contributed by atoms with Crippen LogP contribution < -0.4 is 19.8 Å². The summed E-state index contributed by atoms with van der Waals surface area (Å²) in [6, 6.07) is 32.9. The molecule has 0 unspecified atom stereocenters. The molecule has 0 amide bonds. The third-order valence-corrected chi connectivity index (χ3v) is 15.3. The summed E-state index contributed by atoms with van der Waals surface area (Å²) in [7, 11) is -18.4. The Morgan fingerprint density at radius 2 is 0.817 bits per heavy atom. The summed E-state index contributed by atoms with van der Waals surface area (Å²) in [5.74, 6) is -1.25. The number of hydrogen-bond acceptors (Lipinski definition) is 18. The minimum absolute atomic E-state index is 0.00282. The molecule has 24 heteroatoms. The van der Waals surface area contributed by atoms with Crippen LogP contribution in [0.15, 0.2) is 186 Å². The Balaban J connectivity index is 0.977. The van der Waals surface area contributed by atoms with Crippen LogP contribution in [0.4, 0.5) is 34.1 Å². The molecule has 0 aliphatic heterocycles. The van der Waals surface area contributed by atoms with Crippen LogP contribution >= 0.6 is 0 Å². The summed E-state index contributed by atoms with van der Waals surface area (Å²) < 4.78 is 132. The van der Waals surface area contributed by atoms with Crippen LogP contribution in [0.25, 0.3) is 21.5 Å². The van der Waals surface area contributed by atoms with Crippen molar-refractivity contribution in [1.82, 2.24) is 0 Å². The quantitative estimate of drug-likeness (QED) is 0.0255. The number of aromatic hydroxyl groups is 2. The van der Waals surface area contributed by atoms with Gasteiger partial charge in [-0.15, -0.1) is 20.5 Å². The molecule has 0 saturated carbocycles. The van der Waals surface area contributed by atoms with Gasteiger partial charge in [-0.2, -0.15) is 33.7 Å². The molecule has 71 heavy (non-hydrogen) atoms. The number of nitrogens with zero attached hydrogens (tertiary/aromatic N) is 4. The van der Waals surface area contributed by atoms with Crippen LogP contribution in [-0.4, -0.2) is 53.0 Å². The van der Waals surface area contributed by atoms with Crippen LogP contribution in [0.1, 0.15) is 25.0 Å². The molecule has 0 radical (unpaired) electrons. The third kappa shape index (κ3) is 10.2. The Morgan fingerprint density at radius 3 is 1.17 bits per heavy atom. The van der Waals surface area contributed by atoms with Gasteiger partial charge in [0.1, 0.15) is 55.5 Å². The maximum absolute atomic E-state index is 13.7. The van der Waals surface area contributed by atoms with Gasteiger partial charge in [0.05, 0.1) is 31.9 Å². The van der Waals surface area contributed by atoms with Crippen molar-refractivity contribution >= 4 is 96.1 Å². The molecular weight excluding hydrogens is 1000 g/mol. The summed E-state index contributed by atoms with van der Waals surface area (Å²) in [6.07, 6.45) is 0. The summed E-state index contributed by atoms with van der Waals surface area (Å²) in [4.78, 5) is -1.87. The highest BCUT2D eigenvalue weighted by molar-refractivity contribution is 7.87. The highest BCUT2D eigenvalue weighted by Gasteiger charge is 2.27. The van der Waals surface area contributed by atoms with Crippen molar-refractivity contribution in [1.29, 1.82) is 0 Å². The van der Waals surface area contributed by atoms with Crippen molar-refractivity contribution in [2.45, 2.75) is 38.8 Å². The summed E-state index contributed by atoms with van der Waals surface area (Å²) in [6.45, 7) is 3.78. The van der Waals surface area contributed by atoms with Crippen molar-refractivity contribution in [2.75, 3.05) is 11.5 Å². The van der Waals surface area contributed by atoms with Crippen molar-refractivity contribution in [3.05, 3.63) is 157 Å². The SMILES string of the molecule is CC(C)(c1ccc(OS(=O)(=O)c2ccccc2N=Nc2c(N)ccc3cc(S(=O)(=O)O)cc(O)c23)cc1)c1ccc(OS(=O)(=O)c2ccccc2N=Nc2c(N)ccc3cc(S(=O)(=O)O)cc(O)c23)cc1. The smallest absolute Gasteiger partial charge is 0.341 e. The van der Waals surface area contributed by atoms with Crippen molar-refractivity contribution in [3.63, 3.8) is 0 Å². The van der Waals surface area contributed by atoms with Crippen molar-refractivity contribution in [3.8, 4) is 23.0 Å². The van der Waals surface area contributed by atoms with Crippen LogP contribution in [0, 0.1) is 0 Å². The van der Waals surface area contributed by atoms with Crippen LogP contribution in [0.3, 0.4) is 0 Å². The lowest BCUT2D eigenvalue weighted by atomic mass is 9.78. The van der Waals surface area contributed by atoms with Gasteiger partial charge in [0.25, 0.3) is 20.2 Å². The highest BCUT2D eigenvalue weighted by atomic mass is 32.2. The molecule has 8 N–H and O–H groups in total. The number of rotatable bonds is 14. The van der Waals surface area contributed by atoms with E-state index < -0.39 is 67.2 Å². The fraction of sp³-hybridized carbons (Fsp3) is 0.0638.